The van der Waals surface area contributed by atoms with E-state index in [1.807, 2.05) is 10.9 Å². The monoisotopic (exact) mass is 413 g/mol. The Bertz CT molecular complexity index is 891. The fourth-order valence-electron chi connectivity index (χ4n) is 4.35. The summed E-state index contributed by atoms with van der Waals surface area (Å²) in [6.07, 6.45) is 3.96. The van der Waals surface area contributed by atoms with Crippen LogP contribution in [0.1, 0.15) is 46.1 Å². The van der Waals surface area contributed by atoms with E-state index in [0.717, 1.165) is 43.8 Å². The summed E-state index contributed by atoms with van der Waals surface area (Å²) in [7, 11) is 1.72. The van der Waals surface area contributed by atoms with Crippen molar-refractivity contribution in [3.8, 4) is 5.75 Å². The van der Waals surface area contributed by atoms with Gasteiger partial charge in [0.2, 0.25) is 0 Å². The summed E-state index contributed by atoms with van der Waals surface area (Å²) in [5, 5.41) is 8.47. The number of amides is 1. The maximum Gasteiger partial charge on any atom is 0.276 e. The molecule has 8 heteroatoms. The van der Waals surface area contributed by atoms with E-state index in [-0.39, 0.29) is 11.9 Å². The summed E-state index contributed by atoms with van der Waals surface area (Å²) in [6.45, 7) is 9.50. The number of rotatable bonds is 5. The average molecular weight is 414 g/mol. The molecule has 4 rings (SSSR count). The number of benzene rings is 1. The molecule has 0 aliphatic carbocycles. The molecule has 8 nitrogen and oxygen atoms in total. The molecule has 2 fully saturated rings. The van der Waals surface area contributed by atoms with Crippen LogP contribution in [-0.2, 0) is 11.3 Å². The number of ether oxygens (including phenoxy) is 2. The van der Waals surface area contributed by atoms with Gasteiger partial charge in [0.15, 0.2) is 5.69 Å². The minimum Gasteiger partial charge on any atom is -0.496 e. The fraction of sp³-hybridized carbons (Fsp3) is 0.591. The molecule has 0 radical (unpaired) electrons. The Balaban J connectivity index is 1.41. The lowest BCUT2D eigenvalue weighted by molar-refractivity contribution is 0.0299. The molecule has 30 heavy (non-hydrogen) atoms. The Labute approximate surface area is 177 Å². The van der Waals surface area contributed by atoms with Gasteiger partial charge in [-0.25, -0.2) is 4.68 Å². The zero-order valence-corrected chi connectivity index (χ0v) is 18.1. The van der Waals surface area contributed by atoms with Crippen molar-refractivity contribution in [2.45, 2.75) is 39.3 Å². The van der Waals surface area contributed by atoms with Gasteiger partial charge in [0.25, 0.3) is 5.91 Å². The number of hydrogen-bond donors (Lipinski definition) is 0. The number of aromatic nitrogens is 3. The number of nitrogens with zero attached hydrogens (tertiary/aromatic N) is 5. The number of carbonyl (C=O) groups excluding carboxylic acids is 1. The van der Waals surface area contributed by atoms with E-state index in [4.69, 9.17) is 9.47 Å². The molecule has 2 saturated heterocycles. The van der Waals surface area contributed by atoms with Gasteiger partial charge in [-0.15, -0.1) is 5.10 Å². The highest BCUT2D eigenvalue weighted by atomic mass is 16.5. The summed E-state index contributed by atoms with van der Waals surface area (Å²) >= 11 is 0. The topological polar surface area (TPSA) is 72.7 Å². The van der Waals surface area contributed by atoms with Crippen LogP contribution in [0.2, 0.25) is 0 Å². The van der Waals surface area contributed by atoms with Gasteiger partial charge < -0.3 is 14.4 Å². The van der Waals surface area contributed by atoms with E-state index in [2.05, 4.69) is 41.2 Å². The van der Waals surface area contributed by atoms with E-state index in [1.165, 1.54) is 11.1 Å². The van der Waals surface area contributed by atoms with Crippen LogP contribution >= 0.6 is 0 Å². The number of piperidine rings is 1. The number of likely N-dealkylation sites (tertiary alicyclic amines) is 1. The molecule has 3 heterocycles. The van der Waals surface area contributed by atoms with E-state index < -0.39 is 0 Å². The molecule has 2 aliphatic rings. The van der Waals surface area contributed by atoms with Crippen molar-refractivity contribution in [3.63, 3.8) is 0 Å². The third-order valence-electron chi connectivity index (χ3n) is 6.13. The summed E-state index contributed by atoms with van der Waals surface area (Å²) in [6, 6.07) is 4.58. The Morgan fingerprint density at radius 3 is 2.77 bits per heavy atom. The SMILES string of the molecule is COc1cc(C)c(CN2CCC[C@H](n3cc(C(=O)N4CCOCC4)nn3)C2)cc1C. The van der Waals surface area contributed by atoms with Crippen LogP contribution in [0.25, 0.3) is 0 Å². The largest absolute Gasteiger partial charge is 0.496 e. The normalized spacial score (nSPS) is 20.4. The van der Waals surface area contributed by atoms with Gasteiger partial charge in [0, 0.05) is 26.2 Å². The predicted octanol–water partition coefficient (Wildman–Crippen LogP) is 2.21. The molecule has 1 aromatic carbocycles. The minimum atomic E-state index is -0.0541. The Morgan fingerprint density at radius 2 is 2.00 bits per heavy atom. The third kappa shape index (κ3) is 4.49. The van der Waals surface area contributed by atoms with Crippen LogP contribution in [0.15, 0.2) is 18.3 Å². The molecule has 162 valence electrons. The van der Waals surface area contributed by atoms with Crippen LogP contribution in [0, 0.1) is 13.8 Å². The Kier molecular flexibility index (Phi) is 6.34. The lowest BCUT2D eigenvalue weighted by atomic mass is 10.0. The average Bonchev–Trinajstić information content (AvgIpc) is 3.27. The zero-order valence-electron chi connectivity index (χ0n) is 18.1. The van der Waals surface area contributed by atoms with Gasteiger partial charge in [0.1, 0.15) is 5.75 Å². The lowest BCUT2D eigenvalue weighted by Gasteiger charge is -2.33. The molecule has 1 atom stereocenters. The van der Waals surface area contributed by atoms with Crippen molar-refractivity contribution in [1.29, 1.82) is 0 Å². The smallest absolute Gasteiger partial charge is 0.276 e. The van der Waals surface area contributed by atoms with Gasteiger partial charge in [-0.2, -0.15) is 0 Å². The van der Waals surface area contributed by atoms with Crippen LogP contribution in [-0.4, -0.2) is 77.2 Å². The number of carbonyl (C=O) groups is 1. The van der Waals surface area contributed by atoms with Crippen molar-refractivity contribution >= 4 is 5.91 Å². The molecular weight excluding hydrogens is 382 g/mol. The van der Waals surface area contributed by atoms with Crippen LogP contribution in [0.3, 0.4) is 0 Å². The first-order chi connectivity index (χ1) is 14.5. The molecule has 2 aliphatic heterocycles. The van der Waals surface area contributed by atoms with Crippen molar-refractivity contribution in [1.82, 2.24) is 24.8 Å². The maximum absolute atomic E-state index is 12.7. The highest BCUT2D eigenvalue weighted by Crippen LogP contribution is 2.26. The van der Waals surface area contributed by atoms with E-state index >= 15 is 0 Å². The summed E-state index contributed by atoms with van der Waals surface area (Å²) in [5.74, 6) is 0.884. The first kappa shape index (κ1) is 20.8. The van der Waals surface area contributed by atoms with Crippen molar-refractivity contribution in [2.24, 2.45) is 0 Å². The molecule has 0 N–H and O–H groups in total. The zero-order chi connectivity index (χ0) is 21.1. The van der Waals surface area contributed by atoms with Gasteiger partial charge in [-0.05, 0) is 56.0 Å². The second-order valence-electron chi connectivity index (χ2n) is 8.27. The number of hydrogen-bond acceptors (Lipinski definition) is 6. The molecule has 1 amide bonds. The summed E-state index contributed by atoms with van der Waals surface area (Å²) < 4.78 is 12.6. The third-order valence-corrected chi connectivity index (χ3v) is 6.13. The molecule has 0 bridgehead atoms. The molecule has 1 aromatic heterocycles. The molecule has 0 spiro atoms. The molecule has 0 saturated carbocycles. The van der Waals surface area contributed by atoms with Gasteiger partial charge in [0.05, 0.1) is 32.6 Å². The quantitative estimate of drug-likeness (QED) is 0.748. The Morgan fingerprint density at radius 1 is 1.20 bits per heavy atom. The second-order valence-corrected chi connectivity index (χ2v) is 8.27. The number of methoxy groups -OCH3 is 1. The van der Waals surface area contributed by atoms with Crippen molar-refractivity contribution in [3.05, 3.63) is 40.7 Å². The van der Waals surface area contributed by atoms with Gasteiger partial charge in [-0.1, -0.05) is 11.3 Å². The van der Waals surface area contributed by atoms with Crippen molar-refractivity contribution in [2.75, 3.05) is 46.5 Å². The fourth-order valence-corrected chi connectivity index (χ4v) is 4.35. The van der Waals surface area contributed by atoms with Crippen molar-refractivity contribution < 1.29 is 14.3 Å². The number of aryl methyl sites for hydroxylation is 2. The summed E-state index contributed by atoms with van der Waals surface area (Å²) in [5.41, 5.74) is 4.17. The number of morpholine rings is 1. The second kappa shape index (κ2) is 9.14. The van der Waals surface area contributed by atoms with E-state index in [0.29, 0.717) is 32.0 Å². The summed E-state index contributed by atoms with van der Waals surface area (Å²) in [4.78, 5) is 16.9. The van der Waals surface area contributed by atoms with E-state index in [9.17, 15) is 4.79 Å². The molecular formula is C22H31N5O3. The molecule has 2 aromatic rings. The van der Waals surface area contributed by atoms with Crippen LogP contribution in [0.4, 0.5) is 0 Å². The minimum absolute atomic E-state index is 0.0541. The Hall–Kier alpha value is -2.45. The van der Waals surface area contributed by atoms with Crippen LogP contribution in [0.5, 0.6) is 5.75 Å². The lowest BCUT2D eigenvalue weighted by Crippen LogP contribution is -2.40. The highest BCUT2D eigenvalue weighted by Gasteiger charge is 2.26. The van der Waals surface area contributed by atoms with E-state index in [1.54, 1.807) is 12.0 Å². The highest BCUT2D eigenvalue weighted by molar-refractivity contribution is 5.92. The predicted molar refractivity (Wildman–Crippen MR) is 113 cm³/mol. The van der Waals surface area contributed by atoms with Crippen LogP contribution < -0.4 is 4.74 Å². The van der Waals surface area contributed by atoms with Gasteiger partial charge >= 0.3 is 0 Å². The molecule has 0 unspecified atom stereocenters. The van der Waals surface area contributed by atoms with Gasteiger partial charge in [-0.3, -0.25) is 9.69 Å². The standard InChI is InChI=1S/C22H31N5O3/c1-16-12-21(29-3)17(2)11-18(16)13-25-6-4-5-19(14-25)27-15-20(23-24-27)22(28)26-7-9-30-10-8-26/h11-12,15,19H,4-10,13-14H2,1-3H3/t19-/m0/s1. The first-order valence-electron chi connectivity index (χ1n) is 10.7. The first-order valence-corrected chi connectivity index (χ1v) is 10.7. The maximum atomic E-state index is 12.7.